The number of esters is 1. The molecule has 3 nitrogen and oxygen atoms in total. The van der Waals surface area contributed by atoms with Crippen molar-refractivity contribution in [1.29, 1.82) is 0 Å². The van der Waals surface area contributed by atoms with Crippen molar-refractivity contribution in [2.45, 2.75) is 46.0 Å². The smallest absolute Gasteiger partial charge is 0.305 e. The number of carbonyl (C=O) groups is 1. The predicted molar refractivity (Wildman–Crippen MR) is 106 cm³/mol. The van der Waals surface area contributed by atoms with Crippen molar-refractivity contribution in [3.8, 4) is 11.1 Å². The van der Waals surface area contributed by atoms with Gasteiger partial charge in [0.15, 0.2) is 0 Å². The van der Waals surface area contributed by atoms with Crippen molar-refractivity contribution < 1.29 is 9.53 Å². The highest BCUT2D eigenvalue weighted by molar-refractivity contribution is 5.69. The molecule has 3 heteroatoms. The third-order valence-corrected chi connectivity index (χ3v) is 3.98. The fourth-order valence-corrected chi connectivity index (χ4v) is 2.59. The van der Waals surface area contributed by atoms with Crippen LogP contribution in [0, 0.1) is 0 Å². The van der Waals surface area contributed by atoms with E-state index in [1.165, 1.54) is 23.8 Å². The van der Waals surface area contributed by atoms with E-state index in [4.69, 9.17) is 5.73 Å². The van der Waals surface area contributed by atoms with E-state index in [1.807, 2.05) is 13.8 Å². The molecule has 0 aliphatic carbocycles. The van der Waals surface area contributed by atoms with E-state index in [0.717, 1.165) is 31.4 Å². The number of methoxy groups -OCH3 is 1. The van der Waals surface area contributed by atoms with Crippen LogP contribution in [-0.4, -0.2) is 19.6 Å². The Morgan fingerprint density at radius 1 is 0.920 bits per heavy atom. The van der Waals surface area contributed by atoms with Gasteiger partial charge in [0, 0.05) is 6.42 Å². The van der Waals surface area contributed by atoms with Crippen molar-refractivity contribution in [2.24, 2.45) is 5.73 Å². The summed E-state index contributed by atoms with van der Waals surface area (Å²) < 4.78 is 4.67. The van der Waals surface area contributed by atoms with Crippen molar-refractivity contribution in [3.05, 3.63) is 59.7 Å². The molecule has 2 N–H and O–H groups in total. The summed E-state index contributed by atoms with van der Waals surface area (Å²) in [4.78, 5) is 11.2. The highest BCUT2D eigenvalue weighted by Gasteiger charge is 2.03. The topological polar surface area (TPSA) is 52.3 Å². The van der Waals surface area contributed by atoms with E-state index in [-0.39, 0.29) is 5.97 Å². The highest BCUT2D eigenvalue weighted by atomic mass is 16.5. The molecule has 0 spiro atoms. The van der Waals surface area contributed by atoms with Crippen molar-refractivity contribution in [3.63, 3.8) is 0 Å². The molecule has 2 aromatic carbocycles. The normalized spacial score (nSPS) is 9.92. The van der Waals surface area contributed by atoms with Crippen LogP contribution in [0.25, 0.3) is 11.1 Å². The first-order chi connectivity index (χ1) is 12.2. The van der Waals surface area contributed by atoms with E-state index < -0.39 is 0 Å². The lowest BCUT2D eigenvalue weighted by Gasteiger charge is -2.07. The molecule has 0 fully saturated rings. The van der Waals surface area contributed by atoms with Crippen LogP contribution >= 0.6 is 0 Å². The van der Waals surface area contributed by atoms with Gasteiger partial charge in [0.2, 0.25) is 0 Å². The summed E-state index contributed by atoms with van der Waals surface area (Å²) in [5.74, 6) is -0.167. The number of benzene rings is 2. The maximum atomic E-state index is 11.2. The summed E-state index contributed by atoms with van der Waals surface area (Å²) in [6, 6.07) is 17.1. The molecular weight excluding hydrogens is 310 g/mol. The van der Waals surface area contributed by atoms with Crippen LogP contribution in [0.3, 0.4) is 0 Å². The molecule has 25 heavy (non-hydrogen) atoms. The van der Waals surface area contributed by atoms with Crippen LogP contribution in [0.1, 0.15) is 44.2 Å². The van der Waals surface area contributed by atoms with Gasteiger partial charge in [0.05, 0.1) is 7.11 Å². The van der Waals surface area contributed by atoms with Gasteiger partial charge in [0.1, 0.15) is 0 Å². The Hall–Kier alpha value is -2.13. The van der Waals surface area contributed by atoms with Crippen LogP contribution in [0.15, 0.2) is 48.5 Å². The molecule has 0 atom stereocenters. The largest absolute Gasteiger partial charge is 0.469 e. The number of hydrogen-bond acceptors (Lipinski definition) is 3. The first-order valence-corrected chi connectivity index (χ1v) is 9.18. The number of carbonyl (C=O) groups excluding carboxylic acids is 1. The lowest BCUT2D eigenvalue weighted by molar-refractivity contribution is -0.140. The van der Waals surface area contributed by atoms with Gasteiger partial charge in [-0.2, -0.15) is 0 Å². The lowest BCUT2D eigenvalue weighted by Crippen LogP contribution is -2.01. The maximum absolute atomic E-state index is 11.2. The number of aryl methyl sites for hydroxylation is 2. The van der Waals surface area contributed by atoms with Crippen molar-refractivity contribution in [2.75, 3.05) is 13.7 Å². The van der Waals surface area contributed by atoms with E-state index in [1.54, 1.807) is 0 Å². The molecule has 136 valence electrons. The van der Waals surface area contributed by atoms with E-state index >= 15 is 0 Å². The molecule has 0 saturated carbocycles. The van der Waals surface area contributed by atoms with Gasteiger partial charge < -0.3 is 10.5 Å². The number of rotatable bonds is 8. The van der Waals surface area contributed by atoms with E-state index in [9.17, 15) is 4.79 Å². The minimum absolute atomic E-state index is 0.167. The monoisotopic (exact) mass is 341 g/mol. The maximum Gasteiger partial charge on any atom is 0.305 e. The van der Waals surface area contributed by atoms with Crippen molar-refractivity contribution >= 4 is 5.97 Å². The van der Waals surface area contributed by atoms with Crippen LogP contribution in [0.4, 0.5) is 0 Å². The SMILES string of the molecule is CC.COC(=O)CCc1ccc(-c2cccc(CCCCN)c2)cc1. The minimum atomic E-state index is -0.167. The second kappa shape index (κ2) is 12.3. The minimum Gasteiger partial charge on any atom is -0.469 e. The van der Waals surface area contributed by atoms with Crippen LogP contribution < -0.4 is 5.73 Å². The molecular formula is C22H31NO2. The Morgan fingerprint density at radius 2 is 1.64 bits per heavy atom. The third-order valence-electron chi connectivity index (χ3n) is 3.98. The molecule has 0 aliphatic heterocycles. The molecule has 0 saturated heterocycles. The molecule has 2 rings (SSSR count). The Balaban J connectivity index is 0.00000151. The van der Waals surface area contributed by atoms with Gasteiger partial charge in [-0.05, 0) is 54.5 Å². The quantitative estimate of drug-likeness (QED) is 0.556. The number of ether oxygens (including phenoxy) is 1. The molecule has 0 unspecified atom stereocenters. The van der Waals surface area contributed by atoms with Gasteiger partial charge in [0.25, 0.3) is 0 Å². The van der Waals surface area contributed by atoms with Crippen LogP contribution in [0.5, 0.6) is 0 Å². The first kappa shape index (κ1) is 20.9. The summed E-state index contributed by atoms with van der Waals surface area (Å²) in [6.07, 6.45) is 4.41. The molecule has 0 aliphatic rings. The molecule has 2 aromatic rings. The second-order valence-corrected chi connectivity index (χ2v) is 5.72. The van der Waals surface area contributed by atoms with Crippen LogP contribution in [-0.2, 0) is 22.4 Å². The summed E-state index contributed by atoms with van der Waals surface area (Å²) in [6.45, 7) is 4.76. The predicted octanol–water partition coefficient (Wildman–Crippen LogP) is 4.77. The van der Waals surface area contributed by atoms with Gasteiger partial charge in [-0.1, -0.05) is 62.4 Å². The average molecular weight is 341 g/mol. The standard InChI is InChI=1S/C20H25NO2.C2H6/c1-23-20(22)13-10-16-8-11-18(12-9-16)19-7-4-6-17(15-19)5-2-3-14-21;1-2/h4,6-9,11-12,15H,2-3,5,10,13-14,21H2,1H3;1-2H3. The summed E-state index contributed by atoms with van der Waals surface area (Å²) in [7, 11) is 1.42. The van der Waals surface area contributed by atoms with Gasteiger partial charge in [-0.3, -0.25) is 4.79 Å². The number of unbranched alkanes of at least 4 members (excludes halogenated alkanes) is 1. The van der Waals surface area contributed by atoms with E-state index in [0.29, 0.717) is 12.8 Å². The number of hydrogen-bond donors (Lipinski definition) is 1. The highest BCUT2D eigenvalue weighted by Crippen LogP contribution is 2.22. The fraction of sp³-hybridized carbons (Fsp3) is 0.409. The molecule has 0 radical (unpaired) electrons. The molecule has 0 heterocycles. The second-order valence-electron chi connectivity index (χ2n) is 5.72. The van der Waals surface area contributed by atoms with Gasteiger partial charge >= 0.3 is 5.97 Å². The van der Waals surface area contributed by atoms with E-state index in [2.05, 4.69) is 53.3 Å². The Kier molecular flexibility index (Phi) is 10.3. The lowest BCUT2D eigenvalue weighted by atomic mass is 9.99. The summed E-state index contributed by atoms with van der Waals surface area (Å²) in [5, 5.41) is 0. The average Bonchev–Trinajstić information content (AvgIpc) is 2.68. The zero-order valence-corrected chi connectivity index (χ0v) is 15.8. The van der Waals surface area contributed by atoms with Crippen molar-refractivity contribution in [1.82, 2.24) is 0 Å². The summed E-state index contributed by atoms with van der Waals surface area (Å²) in [5.41, 5.74) is 10.5. The zero-order chi connectivity index (χ0) is 18.5. The molecule has 0 aromatic heterocycles. The molecule has 0 bridgehead atoms. The van der Waals surface area contributed by atoms with Crippen LogP contribution in [0.2, 0.25) is 0 Å². The Morgan fingerprint density at radius 3 is 2.28 bits per heavy atom. The Labute approximate surface area is 152 Å². The first-order valence-electron chi connectivity index (χ1n) is 9.18. The fourth-order valence-electron chi connectivity index (χ4n) is 2.59. The van der Waals surface area contributed by atoms with Gasteiger partial charge in [-0.15, -0.1) is 0 Å². The zero-order valence-electron chi connectivity index (χ0n) is 15.8. The third kappa shape index (κ3) is 7.53. The number of nitrogens with two attached hydrogens (primary N) is 1. The Bertz CT molecular complexity index is 620. The summed E-state index contributed by atoms with van der Waals surface area (Å²) >= 11 is 0. The molecule has 0 amide bonds. The van der Waals surface area contributed by atoms with Gasteiger partial charge in [-0.25, -0.2) is 0 Å².